The van der Waals surface area contributed by atoms with Crippen molar-refractivity contribution in [1.82, 2.24) is 4.90 Å². The van der Waals surface area contributed by atoms with Crippen molar-refractivity contribution in [3.8, 4) is 0 Å². The smallest absolute Gasteiger partial charge is 0.253 e. The minimum atomic E-state index is -0.0540. The van der Waals surface area contributed by atoms with Gasteiger partial charge >= 0.3 is 0 Å². The highest BCUT2D eigenvalue weighted by Gasteiger charge is 2.13. The van der Waals surface area contributed by atoms with E-state index >= 15 is 0 Å². The first kappa shape index (κ1) is 17.0. The lowest BCUT2D eigenvalue weighted by atomic mass is 10.1. The normalized spacial score (nSPS) is 10.4. The number of halogens is 2. The van der Waals surface area contributed by atoms with Crippen LogP contribution in [0.25, 0.3) is 0 Å². The summed E-state index contributed by atoms with van der Waals surface area (Å²) in [5.41, 5.74) is 2.47. The number of rotatable bonds is 5. The van der Waals surface area contributed by atoms with E-state index in [2.05, 4.69) is 4.72 Å². The number of anilines is 1. The summed E-state index contributed by atoms with van der Waals surface area (Å²) in [5.74, 6) is -0.0540. The van der Waals surface area contributed by atoms with Crippen molar-refractivity contribution in [2.45, 2.75) is 6.54 Å². The first-order valence-corrected chi connectivity index (χ1v) is 8.58. The topological polar surface area (TPSA) is 32.3 Å². The van der Waals surface area contributed by atoms with Gasteiger partial charge in [-0.3, -0.25) is 4.79 Å². The van der Waals surface area contributed by atoms with Gasteiger partial charge in [-0.25, -0.2) is 0 Å². The number of amides is 1. The molecule has 0 aliphatic carbocycles. The Balaban J connectivity index is 2.08. The second-order valence-corrected chi connectivity index (χ2v) is 6.24. The molecule has 0 radical (unpaired) electrons. The summed E-state index contributed by atoms with van der Waals surface area (Å²) < 4.78 is 3.12. The van der Waals surface area contributed by atoms with Gasteiger partial charge in [0.1, 0.15) is 0 Å². The lowest BCUT2D eigenvalue weighted by molar-refractivity contribution is 0.0785. The highest BCUT2D eigenvalue weighted by molar-refractivity contribution is 7.99. The van der Waals surface area contributed by atoms with Crippen LogP contribution in [0.15, 0.2) is 42.5 Å². The molecule has 0 spiro atoms. The molecule has 1 N–H and O–H groups in total. The van der Waals surface area contributed by atoms with Crippen LogP contribution in [0.2, 0.25) is 10.0 Å². The van der Waals surface area contributed by atoms with E-state index in [9.17, 15) is 4.79 Å². The minimum absolute atomic E-state index is 0.0540. The molecule has 2 aromatic carbocycles. The van der Waals surface area contributed by atoms with Crippen LogP contribution in [0.1, 0.15) is 15.9 Å². The van der Waals surface area contributed by atoms with Gasteiger partial charge in [-0.05, 0) is 42.0 Å². The Morgan fingerprint density at radius 1 is 1.18 bits per heavy atom. The number of carbonyl (C=O) groups is 1. The molecule has 0 atom stereocenters. The molecule has 0 aromatic heterocycles. The highest BCUT2D eigenvalue weighted by atomic mass is 35.5. The maximum atomic E-state index is 12.4. The van der Waals surface area contributed by atoms with Crippen LogP contribution >= 0.6 is 35.1 Å². The Morgan fingerprint density at radius 2 is 1.86 bits per heavy atom. The first-order valence-electron chi connectivity index (χ1n) is 6.59. The largest absolute Gasteiger partial charge is 0.337 e. The Bertz CT molecular complexity index is 662. The number of benzene rings is 2. The van der Waals surface area contributed by atoms with Crippen LogP contribution in [-0.4, -0.2) is 24.1 Å². The van der Waals surface area contributed by atoms with E-state index < -0.39 is 0 Å². The van der Waals surface area contributed by atoms with E-state index in [0.29, 0.717) is 22.2 Å². The molecule has 0 fully saturated rings. The Labute approximate surface area is 144 Å². The molecule has 22 heavy (non-hydrogen) atoms. The SMILES string of the molecule is CSNc1ccc(C(=O)N(C)Cc2ccc(Cl)cc2Cl)cc1. The summed E-state index contributed by atoms with van der Waals surface area (Å²) >= 11 is 13.5. The fourth-order valence-corrected chi connectivity index (χ4v) is 2.84. The quantitative estimate of drug-likeness (QED) is 0.770. The molecule has 2 rings (SSSR count). The number of nitrogens with zero attached hydrogens (tertiary/aromatic N) is 1. The van der Waals surface area contributed by atoms with E-state index in [4.69, 9.17) is 23.2 Å². The van der Waals surface area contributed by atoms with Crippen LogP contribution in [0.3, 0.4) is 0 Å². The molecule has 116 valence electrons. The molecule has 2 aromatic rings. The first-order chi connectivity index (χ1) is 10.5. The van der Waals surface area contributed by atoms with Gasteiger partial charge in [0.2, 0.25) is 0 Å². The third-order valence-corrected chi connectivity index (χ3v) is 4.15. The molecule has 1 amide bonds. The van der Waals surface area contributed by atoms with Gasteiger partial charge in [0.15, 0.2) is 0 Å². The van der Waals surface area contributed by atoms with Crippen LogP contribution in [0.5, 0.6) is 0 Å². The average molecular weight is 355 g/mol. The van der Waals surface area contributed by atoms with E-state index in [1.54, 1.807) is 36.2 Å². The van der Waals surface area contributed by atoms with Crippen molar-refractivity contribution in [2.75, 3.05) is 18.0 Å². The fourth-order valence-electron chi connectivity index (χ4n) is 2.00. The second kappa shape index (κ2) is 7.77. The van der Waals surface area contributed by atoms with Crippen molar-refractivity contribution in [3.63, 3.8) is 0 Å². The van der Waals surface area contributed by atoms with Gasteiger partial charge in [-0.1, -0.05) is 41.2 Å². The number of hydrogen-bond donors (Lipinski definition) is 1. The van der Waals surface area contributed by atoms with Crippen LogP contribution in [-0.2, 0) is 6.54 Å². The van der Waals surface area contributed by atoms with Crippen molar-refractivity contribution in [2.24, 2.45) is 0 Å². The van der Waals surface area contributed by atoms with Crippen molar-refractivity contribution in [3.05, 3.63) is 63.6 Å². The van der Waals surface area contributed by atoms with Crippen LogP contribution < -0.4 is 4.72 Å². The van der Waals surface area contributed by atoms with E-state index in [1.807, 2.05) is 24.5 Å². The molecule has 0 saturated carbocycles. The molecule has 0 heterocycles. The molecule has 6 heteroatoms. The van der Waals surface area contributed by atoms with Crippen LogP contribution in [0, 0.1) is 0 Å². The maximum Gasteiger partial charge on any atom is 0.253 e. The molecule has 3 nitrogen and oxygen atoms in total. The second-order valence-electron chi connectivity index (χ2n) is 4.78. The predicted octanol–water partition coefficient (Wildman–Crippen LogP) is 4.96. The lowest BCUT2D eigenvalue weighted by Gasteiger charge is -2.18. The third-order valence-electron chi connectivity index (χ3n) is 3.12. The summed E-state index contributed by atoms with van der Waals surface area (Å²) in [6.45, 7) is 0.430. The van der Waals surface area contributed by atoms with Gasteiger partial charge in [-0.2, -0.15) is 0 Å². The zero-order valence-electron chi connectivity index (χ0n) is 12.3. The molecule has 0 aliphatic heterocycles. The Morgan fingerprint density at radius 3 is 2.45 bits per heavy atom. The molecule has 0 saturated heterocycles. The van der Waals surface area contributed by atoms with E-state index in [0.717, 1.165) is 11.3 Å². The predicted molar refractivity (Wildman–Crippen MR) is 95.8 cm³/mol. The van der Waals surface area contributed by atoms with Gasteiger partial charge in [0.25, 0.3) is 5.91 Å². The molecule has 0 bridgehead atoms. The lowest BCUT2D eigenvalue weighted by Crippen LogP contribution is -2.26. The van der Waals surface area contributed by atoms with E-state index in [-0.39, 0.29) is 5.91 Å². The van der Waals surface area contributed by atoms with Crippen LogP contribution in [0.4, 0.5) is 5.69 Å². The van der Waals surface area contributed by atoms with Gasteiger partial charge in [0, 0.05) is 41.1 Å². The average Bonchev–Trinajstić information content (AvgIpc) is 2.50. The summed E-state index contributed by atoms with van der Waals surface area (Å²) in [6.07, 6.45) is 1.95. The zero-order valence-corrected chi connectivity index (χ0v) is 14.6. The molecular weight excluding hydrogens is 339 g/mol. The monoisotopic (exact) mass is 354 g/mol. The van der Waals surface area contributed by atoms with Crippen molar-refractivity contribution < 1.29 is 4.79 Å². The van der Waals surface area contributed by atoms with Gasteiger partial charge in [0.05, 0.1) is 0 Å². The fraction of sp³-hybridized carbons (Fsp3) is 0.188. The number of hydrogen-bond acceptors (Lipinski definition) is 3. The number of nitrogens with one attached hydrogen (secondary N) is 1. The zero-order chi connectivity index (χ0) is 16.1. The third kappa shape index (κ3) is 4.32. The van der Waals surface area contributed by atoms with Gasteiger partial charge in [-0.15, -0.1) is 0 Å². The summed E-state index contributed by atoms with van der Waals surface area (Å²) in [4.78, 5) is 14.1. The minimum Gasteiger partial charge on any atom is -0.337 e. The molecular formula is C16H16Cl2N2OS. The standard InChI is InChI=1S/C16H16Cl2N2OS/c1-20(10-12-3-6-13(17)9-15(12)18)16(21)11-4-7-14(8-5-11)19-22-2/h3-9,19H,10H2,1-2H3. The molecule has 0 aliphatic rings. The maximum absolute atomic E-state index is 12.4. The summed E-state index contributed by atoms with van der Waals surface area (Å²) in [7, 11) is 1.75. The molecule has 0 unspecified atom stereocenters. The van der Waals surface area contributed by atoms with Crippen molar-refractivity contribution in [1.29, 1.82) is 0 Å². The van der Waals surface area contributed by atoms with Crippen molar-refractivity contribution >= 4 is 46.7 Å². The van der Waals surface area contributed by atoms with E-state index in [1.165, 1.54) is 11.9 Å². The summed E-state index contributed by atoms with van der Waals surface area (Å²) in [5, 5.41) is 1.14. The van der Waals surface area contributed by atoms with Gasteiger partial charge < -0.3 is 9.62 Å². The Kier molecular flexibility index (Phi) is 6.00. The Hall–Kier alpha value is -1.36. The summed E-state index contributed by atoms with van der Waals surface area (Å²) in [6, 6.07) is 12.7. The number of carbonyl (C=O) groups excluding carboxylic acids is 1. The highest BCUT2D eigenvalue weighted by Crippen LogP contribution is 2.22.